The van der Waals surface area contributed by atoms with E-state index in [1.54, 1.807) is 0 Å². The molecule has 1 aliphatic heterocycles. The van der Waals surface area contributed by atoms with Crippen molar-refractivity contribution in [3.8, 4) is 5.75 Å². The van der Waals surface area contributed by atoms with Crippen LogP contribution in [0.1, 0.15) is 54.1 Å². The van der Waals surface area contributed by atoms with Crippen LogP contribution in [0.25, 0.3) is 0 Å². The topological polar surface area (TPSA) is 63.6 Å². The van der Waals surface area contributed by atoms with Gasteiger partial charge in [-0.2, -0.15) is 4.79 Å². The molecule has 0 radical (unpaired) electrons. The molecule has 1 saturated heterocycles. The van der Waals surface area contributed by atoms with Gasteiger partial charge in [0.2, 0.25) is 0 Å². The van der Waals surface area contributed by atoms with E-state index in [1.807, 2.05) is 55.5 Å². The third-order valence-corrected chi connectivity index (χ3v) is 7.00. The Morgan fingerprint density at radius 3 is 2.67 bits per heavy atom. The zero-order valence-electron chi connectivity index (χ0n) is 17.5. The highest BCUT2D eigenvalue weighted by molar-refractivity contribution is 6.00. The summed E-state index contributed by atoms with van der Waals surface area (Å²) >= 11 is 0. The number of carbonyl (C=O) groups is 2. The number of Topliss-reactive ketones (excluding diaryl/α,β-unsaturated/α-hetero) is 1. The summed E-state index contributed by atoms with van der Waals surface area (Å²) in [5, 5.41) is 9.82. The monoisotopic (exact) mass is 408 g/mol. The molecule has 2 aliphatic rings. The number of rotatable bonds is 6. The van der Waals surface area contributed by atoms with Gasteiger partial charge in [-0.1, -0.05) is 30.3 Å². The van der Waals surface area contributed by atoms with E-state index in [4.69, 9.17) is 4.74 Å². The van der Waals surface area contributed by atoms with Crippen molar-refractivity contribution in [3.63, 3.8) is 0 Å². The second-order valence-corrected chi connectivity index (χ2v) is 8.74. The van der Waals surface area contributed by atoms with Gasteiger partial charge in [0.15, 0.2) is 5.78 Å². The Kier molecular flexibility index (Phi) is 5.91. The molecule has 2 unspecified atom stereocenters. The Morgan fingerprint density at radius 1 is 1.17 bits per heavy atom. The van der Waals surface area contributed by atoms with Crippen LogP contribution in [0.3, 0.4) is 0 Å². The molecule has 0 bridgehead atoms. The van der Waals surface area contributed by atoms with Crippen LogP contribution in [0.5, 0.6) is 5.75 Å². The summed E-state index contributed by atoms with van der Waals surface area (Å²) in [6.07, 6.45) is 3.39. The van der Waals surface area contributed by atoms with Crippen molar-refractivity contribution in [1.29, 1.82) is 0 Å². The quantitative estimate of drug-likeness (QED) is 0.677. The number of ketones is 1. The number of nitrogens with zero attached hydrogens (tertiary/aromatic N) is 1. The fourth-order valence-electron chi connectivity index (χ4n) is 5.04. The molecule has 5 nitrogen and oxygen atoms in total. The molecule has 1 amide bonds. The number of hydrogen-bond acceptors (Lipinski definition) is 3. The van der Waals surface area contributed by atoms with Gasteiger partial charge in [0.05, 0.1) is 19.1 Å². The number of quaternary nitrogens is 1. The average Bonchev–Trinajstić information content (AvgIpc) is 3.14. The number of carbonyl (C=O) groups excluding carboxylic acids is 1. The predicted octanol–water partition coefficient (Wildman–Crippen LogP) is 5.08. The molecular weight excluding hydrogens is 378 g/mol. The number of carboxylic acid groups (broad SMARTS) is 1. The van der Waals surface area contributed by atoms with Crippen LogP contribution in [-0.4, -0.2) is 40.6 Å². The van der Waals surface area contributed by atoms with Gasteiger partial charge < -0.3 is 9.84 Å². The highest BCUT2D eigenvalue weighted by atomic mass is 16.5. The van der Waals surface area contributed by atoms with Crippen molar-refractivity contribution < 1.29 is 23.9 Å². The van der Waals surface area contributed by atoms with E-state index < -0.39 is 6.09 Å². The maximum absolute atomic E-state index is 13.1. The average molecular weight is 409 g/mol. The predicted molar refractivity (Wildman–Crippen MR) is 115 cm³/mol. The summed E-state index contributed by atoms with van der Waals surface area (Å²) in [5.74, 6) is 0.849. The molecule has 1 fully saturated rings. The molecule has 0 aromatic heterocycles. The van der Waals surface area contributed by atoms with Crippen LogP contribution in [0.4, 0.5) is 4.79 Å². The highest BCUT2D eigenvalue weighted by Gasteiger charge is 2.46. The first kappa shape index (κ1) is 20.6. The van der Waals surface area contributed by atoms with Crippen LogP contribution < -0.4 is 4.74 Å². The van der Waals surface area contributed by atoms with Crippen LogP contribution in [0.2, 0.25) is 0 Å². The van der Waals surface area contributed by atoms with E-state index in [0.29, 0.717) is 26.1 Å². The smallest absolute Gasteiger partial charge is 0.489 e. The number of fused-ring (bicyclic) bond motifs is 1. The molecule has 3 atom stereocenters. The fraction of sp³-hybridized carbons (Fsp3) is 0.440. The molecular formula is C25H30NO4+. The molecule has 4 rings (SSSR count). The van der Waals surface area contributed by atoms with Crippen LogP contribution in [0, 0.1) is 5.92 Å². The van der Waals surface area contributed by atoms with Crippen molar-refractivity contribution in [1.82, 2.24) is 0 Å². The van der Waals surface area contributed by atoms with Gasteiger partial charge in [-0.3, -0.25) is 4.79 Å². The summed E-state index contributed by atoms with van der Waals surface area (Å²) < 4.78 is 6.02. The lowest BCUT2D eigenvalue weighted by Crippen LogP contribution is -2.55. The van der Waals surface area contributed by atoms with Gasteiger partial charge in [0.1, 0.15) is 12.4 Å². The van der Waals surface area contributed by atoms with E-state index in [0.717, 1.165) is 48.1 Å². The molecule has 2 aromatic rings. The van der Waals surface area contributed by atoms with E-state index in [-0.39, 0.29) is 22.2 Å². The molecule has 158 valence electrons. The Balaban J connectivity index is 1.40. The zero-order chi connectivity index (χ0) is 21.1. The first-order valence-corrected chi connectivity index (χ1v) is 10.9. The molecule has 30 heavy (non-hydrogen) atoms. The van der Waals surface area contributed by atoms with Crippen LogP contribution in [0.15, 0.2) is 48.5 Å². The van der Waals surface area contributed by atoms with Crippen molar-refractivity contribution in [2.45, 2.75) is 51.7 Å². The molecule has 1 heterocycles. The Bertz CT molecular complexity index is 926. The minimum atomic E-state index is -0.746. The Morgan fingerprint density at radius 2 is 1.97 bits per heavy atom. The van der Waals surface area contributed by atoms with E-state index in [1.165, 1.54) is 0 Å². The van der Waals surface area contributed by atoms with Crippen molar-refractivity contribution in [2.75, 3.05) is 13.1 Å². The largest absolute Gasteiger partial charge is 0.513 e. The Hall–Kier alpha value is -2.66. The highest BCUT2D eigenvalue weighted by Crippen LogP contribution is 2.33. The lowest BCUT2D eigenvalue weighted by Gasteiger charge is -2.34. The van der Waals surface area contributed by atoms with E-state index in [2.05, 4.69) is 0 Å². The number of ether oxygens (including phenoxy) is 1. The zero-order valence-corrected chi connectivity index (χ0v) is 17.5. The summed E-state index contributed by atoms with van der Waals surface area (Å²) in [6.45, 7) is 3.75. The number of likely N-dealkylation sites (tertiary alicyclic amines) is 1. The van der Waals surface area contributed by atoms with Crippen LogP contribution >= 0.6 is 0 Å². The number of amides is 1. The second-order valence-electron chi connectivity index (χ2n) is 8.74. The maximum Gasteiger partial charge on any atom is 0.513 e. The SMILES string of the molecule is C[C@@H]1CCC[N+]1(CCC1CCc2cc(OCc3ccccc3)ccc2C1=O)C(=O)O. The third-order valence-electron chi connectivity index (χ3n) is 7.00. The van der Waals surface area contributed by atoms with Crippen molar-refractivity contribution >= 4 is 11.9 Å². The summed E-state index contributed by atoms with van der Waals surface area (Å²) in [6, 6.07) is 15.9. The summed E-state index contributed by atoms with van der Waals surface area (Å²) in [5.41, 5.74) is 2.92. The van der Waals surface area contributed by atoms with Crippen LogP contribution in [-0.2, 0) is 13.0 Å². The second kappa shape index (κ2) is 8.60. The van der Waals surface area contributed by atoms with Gasteiger partial charge in [-0.25, -0.2) is 4.48 Å². The van der Waals surface area contributed by atoms with Gasteiger partial charge in [0, 0.05) is 30.7 Å². The molecule has 1 N–H and O–H groups in total. The van der Waals surface area contributed by atoms with Crippen molar-refractivity contribution in [3.05, 3.63) is 65.2 Å². The minimum absolute atomic E-state index is 0.0873. The van der Waals surface area contributed by atoms with E-state index in [9.17, 15) is 14.7 Å². The standard InChI is InChI=1S/C25H29NO4/c1-18-6-5-14-26(18,25(28)29)15-13-20-9-10-21-16-22(11-12-23(21)24(20)27)30-17-19-7-3-2-4-8-19/h2-4,7-8,11-12,16,18,20H,5-6,9-10,13-15,17H2,1H3/p+1/t18-,20?,26?/m1/s1. The normalized spacial score (nSPS) is 25.7. The molecule has 0 saturated carbocycles. The lowest BCUT2D eigenvalue weighted by atomic mass is 9.81. The Labute approximate surface area is 177 Å². The lowest BCUT2D eigenvalue weighted by molar-refractivity contribution is -0.867. The first-order chi connectivity index (χ1) is 14.5. The molecule has 2 aromatic carbocycles. The number of benzene rings is 2. The maximum atomic E-state index is 13.1. The summed E-state index contributed by atoms with van der Waals surface area (Å²) in [4.78, 5) is 25.0. The molecule has 1 aliphatic carbocycles. The minimum Gasteiger partial charge on any atom is -0.489 e. The third kappa shape index (κ3) is 3.99. The van der Waals surface area contributed by atoms with Gasteiger partial charge in [-0.05, 0) is 49.1 Å². The number of aryl methyl sites for hydroxylation is 1. The van der Waals surface area contributed by atoms with Gasteiger partial charge in [-0.15, -0.1) is 0 Å². The van der Waals surface area contributed by atoms with Gasteiger partial charge >= 0.3 is 6.09 Å². The molecule has 5 heteroatoms. The van der Waals surface area contributed by atoms with Gasteiger partial charge in [0.25, 0.3) is 0 Å². The first-order valence-electron chi connectivity index (χ1n) is 10.9. The molecule has 0 spiro atoms. The van der Waals surface area contributed by atoms with Crippen molar-refractivity contribution in [2.24, 2.45) is 5.92 Å². The number of hydrogen-bond donors (Lipinski definition) is 1. The summed E-state index contributed by atoms with van der Waals surface area (Å²) in [7, 11) is 0. The van der Waals surface area contributed by atoms with E-state index >= 15 is 0 Å². The fourth-order valence-corrected chi connectivity index (χ4v) is 5.04.